The summed E-state index contributed by atoms with van der Waals surface area (Å²) in [5.41, 5.74) is 1.22. The van der Waals surface area contributed by atoms with Gasteiger partial charge in [0.05, 0.1) is 0 Å². The van der Waals surface area contributed by atoms with Crippen LogP contribution >= 0.6 is 0 Å². The first-order valence-electron chi connectivity index (χ1n) is 5.18. The van der Waals surface area contributed by atoms with Gasteiger partial charge in [-0.05, 0) is 0 Å². The van der Waals surface area contributed by atoms with E-state index in [-0.39, 0.29) is 21.2 Å². The molecule has 0 aliphatic carbocycles. The second-order valence-corrected chi connectivity index (χ2v) is 6.50. The molecule has 0 aromatic rings. The Labute approximate surface area is 103 Å². The molecule has 0 spiro atoms. The molecule has 1 saturated heterocycles. The summed E-state index contributed by atoms with van der Waals surface area (Å²) in [6.07, 6.45) is 8.24. The zero-order valence-electron chi connectivity index (χ0n) is 9.03. The van der Waals surface area contributed by atoms with E-state index in [4.69, 9.17) is 5.11 Å². The van der Waals surface area contributed by atoms with Crippen LogP contribution in [0.2, 0.25) is 0 Å². The van der Waals surface area contributed by atoms with Crippen LogP contribution in [0.4, 0.5) is 0 Å². The predicted octanol–water partition coefficient (Wildman–Crippen LogP) is -1.25. The Morgan fingerprint density at radius 2 is 2.33 bits per heavy atom. The number of likely N-dealkylation sites (tertiary alicyclic amines) is 1. The summed E-state index contributed by atoms with van der Waals surface area (Å²) in [6.45, 7) is 9.63. The Balaban J connectivity index is 2.51. The average molecular weight is 320 g/mol. The maximum atomic E-state index is 9.01. The number of aliphatic hydroxyl groups is 1. The topological polar surface area (TPSA) is 23.5 Å². The van der Waals surface area contributed by atoms with E-state index in [0.717, 1.165) is 13.1 Å². The van der Waals surface area contributed by atoms with Crippen molar-refractivity contribution in [1.82, 2.24) is 4.90 Å². The molecule has 1 atom stereocenters. The van der Waals surface area contributed by atoms with Crippen LogP contribution in [0.25, 0.3) is 0 Å². The molecular formula is C12H19INO-. The Morgan fingerprint density at radius 1 is 1.53 bits per heavy atom. The number of allylic oxidation sites excluding steroid dienone is 2. The average Bonchev–Trinajstić information content (AvgIpc) is 2.66. The quantitative estimate of drug-likeness (QED) is 0.286. The molecule has 1 aliphatic heterocycles. The molecule has 15 heavy (non-hydrogen) atoms. The number of halogens is 1. The van der Waals surface area contributed by atoms with Crippen LogP contribution in [0.3, 0.4) is 0 Å². The normalized spacial score (nSPS) is 23.3. The standard InChI is InChI=1S/C12H19INO/c1-3-6-11(4-2)9-14-8-5-7-12(14)13-10-15/h3-4,6,12,15H,1-2,5,7-10H2/q-1/b11-6+. The van der Waals surface area contributed by atoms with Crippen LogP contribution in [-0.2, 0) is 0 Å². The summed E-state index contributed by atoms with van der Waals surface area (Å²) in [5, 5.41) is 9.01. The van der Waals surface area contributed by atoms with Crippen molar-refractivity contribution in [1.29, 1.82) is 0 Å². The van der Waals surface area contributed by atoms with Crippen molar-refractivity contribution >= 4 is 0 Å². The second kappa shape index (κ2) is 7.19. The summed E-state index contributed by atoms with van der Waals surface area (Å²) in [6, 6.07) is 0. The van der Waals surface area contributed by atoms with Crippen molar-refractivity contribution in [2.75, 3.05) is 17.7 Å². The zero-order chi connectivity index (χ0) is 11.1. The van der Waals surface area contributed by atoms with E-state index >= 15 is 0 Å². The molecule has 86 valence electrons. The van der Waals surface area contributed by atoms with Gasteiger partial charge in [-0.25, -0.2) is 0 Å². The molecule has 0 saturated carbocycles. The van der Waals surface area contributed by atoms with E-state index in [1.165, 1.54) is 18.4 Å². The first-order chi connectivity index (χ1) is 7.31. The summed E-state index contributed by atoms with van der Waals surface area (Å²) in [4.78, 5) is 2.47. The maximum absolute atomic E-state index is 9.01. The SMILES string of the molecule is C=C/C=C(\C=C)CN1CCCC1[I-]CO. The van der Waals surface area contributed by atoms with Gasteiger partial charge in [0.2, 0.25) is 0 Å². The third-order valence-corrected chi connectivity index (χ3v) is 5.33. The van der Waals surface area contributed by atoms with Crippen molar-refractivity contribution in [2.24, 2.45) is 0 Å². The summed E-state index contributed by atoms with van der Waals surface area (Å²) >= 11 is -0.0686. The zero-order valence-corrected chi connectivity index (χ0v) is 11.2. The summed E-state index contributed by atoms with van der Waals surface area (Å²) in [7, 11) is 0. The molecule has 0 aromatic heterocycles. The van der Waals surface area contributed by atoms with Gasteiger partial charge in [-0.3, -0.25) is 0 Å². The Morgan fingerprint density at radius 3 is 2.93 bits per heavy atom. The number of aliphatic hydroxyl groups excluding tert-OH is 1. The molecule has 1 rings (SSSR count). The Hall–Kier alpha value is -0.130. The molecule has 0 amide bonds. The Kier molecular flexibility index (Phi) is 6.20. The van der Waals surface area contributed by atoms with E-state index in [1.807, 2.05) is 18.2 Å². The third-order valence-electron chi connectivity index (χ3n) is 2.51. The van der Waals surface area contributed by atoms with Crippen LogP contribution < -0.4 is 21.2 Å². The van der Waals surface area contributed by atoms with Gasteiger partial charge in [0.25, 0.3) is 0 Å². The Bertz CT molecular complexity index is 250. The fraction of sp³-hybridized carbons (Fsp3) is 0.500. The van der Waals surface area contributed by atoms with Crippen LogP contribution in [0.1, 0.15) is 12.8 Å². The second-order valence-electron chi connectivity index (χ2n) is 3.50. The van der Waals surface area contributed by atoms with Gasteiger partial charge < -0.3 is 0 Å². The molecule has 3 heteroatoms. The molecule has 1 unspecified atom stereocenters. The van der Waals surface area contributed by atoms with Gasteiger partial charge in [-0.2, -0.15) is 0 Å². The monoisotopic (exact) mass is 320 g/mol. The van der Waals surface area contributed by atoms with E-state index in [0.29, 0.717) is 8.66 Å². The molecule has 0 bridgehead atoms. The molecular weight excluding hydrogens is 301 g/mol. The number of hydrogen-bond donors (Lipinski definition) is 1. The molecule has 1 fully saturated rings. The van der Waals surface area contributed by atoms with Crippen molar-refractivity contribution in [3.05, 3.63) is 37.0 Å². The van der Waals surface area contributed by atoms with Crippen LogP contribution in [0, 0.1) is 0 Å². The van der Waals surface area contributed by atoms with Crippen molar-refractivity contribution in [2.45, 2.75) is 16.9 Å². The summed E-state index contributed by atoms with van der Waals surface area (Å²) < 4.78 is 1.05. The fourth-order valence-electron chi connectivity index (χ4n) is 1.79. The van der Waals surface area contributed by atoms with Gasteiger partial charge in [-0.15, -0.1) is 0 Å². The summed E-state index contributed by atoms with van der Waals surface area (Å²) in [5.74, 6) is 0. The van der Waals surface area contributed by atoms with Crippen molar-refractivity contribution in [3.8, 4) is 0 Å². The van der Waals surface area contributed by atoms with Gasteiger partial charge >= 0.3 is 103 Å². The third kappa shape index (κ3) is 4.09. The van der Waals surface area contributed by atoms with Gasteiger partial charge in [0, 0.05) is 0 Å². The molecule has 1 N–H and O–H groups in total. The number of hydrogen-bond acceptors (Lipinski definition) is 2. The predicted molar refractivity (Wildman–Crippen MR) is 60.2 cm³/mol. The molecule has 1 aliphatic rings. The molecule has 2 nitrogen and oxygen atoms in total. The minimum absolute atomic E-state index is 0.0686. The van der Waals surface area contributed by atoms with E-state index in [1.54, 1.807) is 0 Å². The number of alkyl halides is 2. The van der Waals surface area contributed by atoms with Gasteiger partial charge in [-0.1, -0.05) is 0 Å². The first kappa shape index (κ1) is 12.9. The van der Waals surface area contributed by atoms with Gasteiger partial charge in [0.1, 0.15) is 0 Å². The van der Waals surface area contributed by atoms with E-state index in [9.17, 15) is 0 Å². The molecule has 1 heterocycles. The first-order valence-corrected chi connectivity index (χ1v) is 7.95. The minimum atomic E-state index is -0.0686. The van der Waals surface area contributed by atoms with Crippen LogP contribution in [0.5, 0.6) is 0 Å². The van der Waals surface area contributed by atoms with E-state index in [2.05, 4.69) is 18.1 Å². The fourth-order valence-corrected chi connectivity index (χ4v) is 4.16. The van der Waals surface area contributed by atoms with Gasteiger partial charge in [0.15, 0.2) is 0 Å². The van der Waals surface area contributed by atoms with Crippen LogP contribution in [-0.4, -0.2) is 31.8 Å². The number of rotatable bonds is 6. The molecule has 0 aromatic carbocycles. The van der Waals surface area contributed by atoms with Crippen molar-refractivity contribution in [3.63, 3.8) is 0 Å². The molecule has 0 radical (unpaired) electrons. The van der Waals surface area contributed by atoms with E-state index < -0.39 is 0 Å². The number of nitrogens with zero attached hydrogens (tertiary/aromatic N) is 1. The van der Waals surface area contributed by atoms with Crippen LogP contribution in [0.15, 0.2) is 37.0 Å². The van der Waals surface area contributed by atoms with Crippen molar-refractivity contribution < 1.29 is 26.3 Å².